The first kappa shape index (κ1) is 30.1. The summed E-state index contributed by atoms with van der Waals surface area (Å²) >= 11 is 0. The van der Waals surface area contributed by atoms with Crippen molar-refractivity contribution in [2.24, 2.45) is 0 Å². The van der Waals surface area contributed by atoms with Crippen molar-refractivity contribution in [1.82, 2.24) is 0 Å². The lowest BCUT2D eigenvalue weighted by Crippen LogP contribution is -2.62. The second-order valence-corrected chi connectivity index (χ2v) is 10.6. The molecule has 0 aromatic heterocycles. The quantitative estimate of drug-likeness (QED) is 0.249. The zero-order chi connectivity index (χ0) is 28.6. The second-order valence-electron chi connectivity index (χ2n) is 9.05. The number of ether oxygens (including phenoxy) is 4. The topological polar surface area (TPSA) is 101 Å². The van der Waals surface area contributed by atoms with Crippen LogP contribution in [-0.2, 0) is 53.1 Å². The van der Waals surface area contributed by atoms with E-state index in [0.717, 1.165) is 5.56 Å². The summed E-state index contributed by atoms with van der Waals surface area (Å²) in [5, 5.41) is 10.8. The smallest absolute Gasteiger partial charge is 0.374 e. The molecule has 0 spiro atoms. The third kappa shape index (κ3) is 8.10. The molecule has 5 atom stereocenters. The average Bonchev–Trinajstić information content (AvgIpc) is 2.93. The fourth-order valence-corrected chi connectivity index (χ4v) is 4.74. The molecule has 12 heteroatoms. The summed E-state index contributed by atoms with van der Waals surface area (Å²) in [6.45, 7) is -0.402. The van der Waals surface area contributed by atoms with Crippen LogP contribution in [0.2, 0.25) is 0 Å². The summed E-state index contributed by atoms with van der Waals surface area (Å²) in [6.07, 6.45) is -8.06. The monoisotopic (exact) mass is 582 g/mol. The Morgan fingerprint density at radius 3 is 1.62 bits per heavy atom. The van der Waals surface area contributed by atoms with Crippen LogP contribution in [0.15, 0.2) is 91.0 Å². The van der Waals surface area contributed by atoms with Gasteiger partial charge < -0.3 is 24.1 Å². The predicted octanol–water partition coefficient (Wildman–Crippen LogP) is 4.33. The highest BCUT2D eigenvalue weighted by atomic mass is 32.2. The van der Waals surface area contributed by atoms with Gasteiger partial charge in [0.05, 0.1) is 26.4 Å². The third-order valence-corrected chi connectivity index (χ3v) is 7.14. The van der Waals surface area contributed by atoms with Gasteiger partial charge in [-0.25, -0.2) is 0 Å². The van der Waals surface area contributed by atoms with E-state index in [4.69, 9.17) is 23.1 Å². The Hall–Kier alpha value is -2.84. The molecule has 0 saturated carbocycles. The minimum absolute atomic E-state index is 0.114. The number of hydrogen-bond donors (Lipinski definition) is 1. The van der Waals surface area contributed by atoms with Crippen LogP contribution in [-0.4, -0.2) is 56.3 Å². The number of alkyl halides is 3. The van der Waals surface area contributed by atoms with Crippen molar-refractivity contribution in [3.05, 3.63) is 108 Å². The zero-order valence-electron chi connectivity index (χ0n) is 21.2. The molecular weight excluding hydrogens is 553 g/mol. The van der Waals surface area contributed by atoms with Gasteiger partial charge in [-0.1, -0.05) is 91.0 Å². The van der Waals surface area contributed by atoms with Gasteiger partial charge in [0.25, 0.3) is 0 Å². The van der Waals surface area contributed by atoms with Gasteiger partial charge >= 0.3 is 15.6 Å². The summed E-state index contributed by atoms with van der Waals surface area (Å²) in [5.41, 5.74) is -3.61. The van der Waals surface area contributed by atoms with Crippen LogP contribution < -0.4 is 0 Å². The molecule has 1 N–H and O–H groups in total. The Balaban J connectivity index is 1.61. The zero-order valence-corrected chi connectivity index (χ0v) is 22.0. The molecule has 1 aliphatic heterocycles. The first-order chi connectivity index (χ1) is 19.1. The van der Waals surface area contributed by atoms with Gasteiger partial charge in [-0.15, -0.1) is 0 Å². The molecule has 40 heavy (non-hydrogen) atoms. The fraction of sp³-hybridized carbons (Fsp3) is 0.357. The van der Waals surface area contributed by atoms with E-state index in [1.54, 1.807) is 60.7 Å². The highest BCUT2D eigenvalue weighted by Gasteiger charge is 2.55. The minimum atomic E-state index is -6.11. The van der Waals surface area contributed by atoms with Gasteiger partial charge in [0.15, 0.2) is 6.29 Å². The van der Waals surface area contributed by atoms with Gasteiger partial charge in [-0.05, 0) is 16.7 Å². The van der Waals surface area contributed by atoms with E-state index in [9.17, 15) is 26.7 Å². The van der Waals surface area contributed by atoms with Crippen LogP contribution in [0.5, 0.6) is 0 Å². The Labute approximate surface area is 230 Å². The van der Waals surface area contributed by atoms with Crippen molar-refractivity contribution >= 4 is 10.1 Å². The van der Waals surface area contributed by atoms with Crippen molar-refractivity contribution in [2.75, 3.05) is 6.61 Å². The van der Waals surface area contributed by atoms with E-state index in [1.807, 2.05) is 30.3 Å². The largest absolute Gasteiger partial charge is 0.523 e. The molecule has 0 aliphatic carbocycles. The highest BCUT2D eigenvalue weighted by molar-refractivity contribution is 7.87. The Morgan fingerprint density at radius 1 is 0.700 bits per heavy atom. The molecule has 3 aromatic rings. The first-order valence-electron chi connectivity index (χ1n) is 12.4. The molecule has 0 radical (unpaired) electrons. The van der Waals surface area contributed by atoms with Crippen LogP contribution >= 0.6 is 0 Å². The molecule has 1 aliphatic rings. The minimum Gasteiger partial charge on any atom is -0.374 e. The summed E-state index contributed by atoms with van der Waals surface area (Å²) in [4.78, 5) is 0. The molecule has 0 amide bonds. The van der Waals surface area contributed by atoms with Crippen LogP contribution in [0.3, 0.4) is 0 Å². The van der Waals surface area contributed by atoms with Crippen LogP contribution in [0.25, 0.3) is 0 Å². The van der Waals surface area contributed by atoms with E-state index in [1.165, 1.54) is 0 Å². The summed E-state index contributed by atoms with van der Waals surface area (Å²) in [5.74, 6) is 0. The summed E-state index contributed by atoms with van der Waals surface area (Å²) < 4.78 is 92.3. The summed E-state index contributed by atoms with van der Waals surface area (Å²) in [6, 6.07) is 26.4. The average molecular weight is 583 g/mol. The Bertz CT molecular complexity index is 1280. The number of aliphatic hydroxyl groups is 1. The molecule has 1 heterocycles. The van der Waals surface area contributed by atoms with Gasteiger partial charge in [-0.2, -0.15) is 21.6 Å². The van der Waals surface area contributed by atoms with Crippen molar-refractivity contribution in [2.45, 2.75) is 56.0 Å². The molecular formula is C28H29F3O8S. The number of halogens is 3. The van der Waals surface area contributed by atoms with E-state index in [-0.39, 0.29) is 26.4 Å². The Morgan fingerprint density at radius 2 is 1.15 bits per heavy atom. The predicted molar refractivity (Wildman–Crippen MR) is 137 cm³/mol. The Kier molecular flexibility index (Phi) is 10.3. The van der Waals surface area contributed by atoms with E-state index in [0.29, 0.717) is 11.1 Å². The highest BCUT2D eigenvalue weighted by Crippen LogP contribution is 2.34. The van der Waals surface area contributed by atoms with Crippen molar-refractivity contribution in [3.63, 3.8) is 0 Å². The first-order valence-corrected chi connectivity index (χ1v) is 13.8. The van der Waals surface area contributed by atoms with E-state index < -0.39 is 46.3 Å². The number of aliphatic hydroxyl groups excluding tert-OH is 1. The van der Waals surface area contributed by atoms with Crippen LogP contribution in [0.1, 0.15) is 16.7 Å². The summed E-state index contributed by atoms with van der Waals surface area (Å²) in [7, 11) is -6.11. The lowest BCUT2D eigenvalue weighted by molar-refractivity contribution is -0.304. The van der Waals surface area contributed by atoms with Crippen molar-refractivity contribution < 1.29 is 49.8 Å². The molecule has 4 rings (SSSR count). The lowest BCUT2D eigenvalue weighted by atomic mass is 9.98. The maximum Gasteiger partial charge on any atom is 0.523 e. The van der Waals surface area contributed by atoms with Crippen LogP contribution in [0, 0.1) is 0 Å². The van der Waals surface area contributed by atoms with E-state index in [2.05, 4.69) is 0 Å². The number of hydrogen-bond acceptors (Lipinski definition) is 8. The third-order valence-electron chi connectivity index (χ3n) is 6.09. The molecule has 0 bridgehead atoms. The molecule has 1 saturated heterocycles. The van der Waals surface area contributed by atoms with Gasteiger partial charge in [0.2, 0.25) is 0 Å². The molecule has 3 aromatic carbocycles. The molecule has 8 nitrogen and oxygen atoms in total. The lowest BCUT2D eigenvalue weighted by Gasteiger charge is -2.43. The number of benzene rings is 3. The second kappa shape index (κ2) is 13.7. The van der Waals surface area contributed by atoms with Gasteiger partial charge in [0.1, 0.15) is 24.4 Å². The number of rotatable bonds is 12. The molecule has 1 fully saturated rings. The maximum absolute atomic E-state index is 13.4. The normalized spacial score (nSPS) is 23.6. The standard InChI is InChI=1S/C28H29F3O8S/c29-28(30,31)40(33,34)39-25-24(36-17-21-12-6-2-7-13-21)23(19-35-16-20-10-4-1-5-11-20)38-27(32)26(25)37-18-22-14-8-3-9-15-22/h1-15,23-27,32H,16-19H2/t23-,24+,25+,26-,27-/m1/s1. The van der Waals surface area contributed by atoms with Crippen LogP contribution in [0.4, 0.5) is 13.2 Å². The molecule has 216 valence electrons. The van der Waals surface area contributed by atoms with Crippen molar-refractivity contribution in [1.29, 1.82) is 0 Å². The maximum atomic E-state index is 13.4. The fourth-order valence-electron chi connectivity index (χ4n) is 4.12. The SMILES string of the molecule is O=S(=O)(O[C@@H]1[C@@H](OCc2ccccc2)[C@H](O)O[C@H](COCc2ccccc2)[C@@H]1OCc1ccccc1)C(F)(F)F. The van der Waals surface area contributed by atoms with Gasteiger partial charge in [-0.3, -0.25) is 4.18 Å². The molecule has 0 unspecified atom stereocenters. The van der Waals surface area contributed by atoms with Crippen molar-refractivity contribution in [3.8, 4) is 0 Å². The van der Waals surface area contributed by atoms with E-state index >= 15 is 0 Å². The van der Waals surface area contributed by atoms with Gasteiger partial charge in [0, 0.05) is 0 Å².